The van der Waals surface area contributed by atoms with Crippen molar-refractivity contribution in [1.82, 2.24) is 15.6 Å². The summed E-state index contributed by atoms with van der Waals surface area (Å²) in [6, 6.07) is 26.3. The number of hydrogen-bond acceptors (Lipinski definition) is 7. The number of benzene rings is 4. The van der Waals surface area contributed by atoms with Crippen LogP contribution in [0, 0.1) is 0 Å². The van der Waals surface area contributed by atoms with Gasteiger partial charge in [-0.2, -0.15) is 5.10 Å². The Morgan fingerprint density at radius 2 is 1.54 bits per heavy atom. The second kappa shape index (κ2) is 11.2. The highest BCUT2D eigenvalue weighted by atomic mass is 35.5. The zero-order valence-electron chi connectivity index (χ0n) is 18.3. The molecule has 0 saturated heterocycles. The number of aromatic nitrogens is 2. The molecular formula is C26H19ClN4OS3. The molecule has 5 rings (SSSR count). The van der Waals surface area contributed by atoms with Crippen LogP contribution in [0.1, 0.15) is 11.1 Å². The van der Waals surface area contributed by atoms with Gasteiger partial charge in [0.2, 0.25) is 0 Å². The zero-order valence-corrected chi connectivity index (χ0v) is 21.6. The molecule has 5 aromatic rings. The minimum atomic E-state index is -0.193. The molecule has 1 heterocycles. The van der Waals surface area contributed by atoms with E-state index < -0.39 is 0 Å². The molecule has 5 nitrogen and oxygen atoms in total. The molecule has 1 aromatic heterocycles. The lowest BCUT2D eigenvalue weighted by Crippen LogP contribution is -2.19. The van der Waals surface area contributed by atoms with Gasteiger partial charge in [0.25, 0.3) is 5.91 Å². The summed E-state index contributed by atoms with van der Waals surface area (Å²) in [5.74, 6) is 0.805. The first-order valence-electron chi connectivity index (χ1n) is 10.7. The number of carbonyl (C=O) groups excluding carboxylic acids is 1. The highest BCUT2D eigenvalue weighted by Gasteiger charge is 2.09. The number of rotatable bonds is 8. The van der Waals surface area contributed by atoms with Gasteiger partial charge in [0, 0.05) is 16.3 Å². The maximum Gasteiger partial charge on any atom is 0.250 e. The SMILES string of the molecule is O=C(CSc1nnc(SCc2ccc(Cl)cc2)s1)N/N=C/c1c2ccccc2cc2ccccc12. The van der Waals surface area contributed by atoms with E-state index in [2.05, 4.69) is 51.1 Å². The number of thioether (sulfide) groups is 2. The van der Waals surface area contributed by atoms with Crippen LogP contribution in [0.2, 0.25) is 5.02 Å². The quantitative estimate of drug-likeness (QED) is 0.100. The molecule has 0 aliphatic carbocycles. The maximum absolute atomic E-state index is 12.4. The van der Waals surface area contributed by atoms with Crippen molar-refractivity contribution in [3.63, 3.8) is 0 Å². The molecule has 0 radical (unpaired) electrons. The Balaban J connectivity index is 1.18. The fourth-order valence-corrected chi connectivity index (χ4v) is 6.45. The number of hydrogen-bond donors (Lipinski definition) is 1. The van der Waals surface area contributed by atoms with Crippen LogP contribution in [0.25, 0.3) is 21.5 Å². The molecule has 0 spiro atoms. The molecule has 0 fully saturated rings. The van der Waals surface area contributed by atoms with Crippen molar-refractivity contribution in [3.05, 3.63) is 95.0 Å². The Kier molecular flexibility index (Phi) is 7.63. The van der Waals surface area contributed by atoms with Gasteiger partial charge in [-0.05, 0) is 45.3 Å². The Labute approximate surface area is 220 Å². The fraction of sp³-hybridized carbons (Fsp3) is 0.0769. The highest BCUT2D eigenvalue weighted by molar-refractivity contribution is 8.03. The van der Waals surface area contributed by atoms with Crippen LogP contribution >= 0.6 is 46.5 Å². The monoisotopic (exact) mass is 534 g/mol. The van der Waals surface area contributed by atoms with E-state index in [4.69, 9.17) is 11.6 Å². The smallest absolute Gasteiger partial charge is 0.250 e. The van der Waals surface area contributed by atoms with Gasteiger partial charge in [-0.1, -0.05) is 107 Å². The van der Waals surface area contributed by atoms with E-state index in [-0.39, 0.29) is 11.7 Å². The van der Waals surface area contributed by atoms with Gasteiger partial charge in [0.15, 0.2) is 8.68 Å². The lowest BCUT2D eigenvalue weighted by molar-refractivity contribution is -0.118. The maximum atomic E-state index is 12.4. The molecule has 0 atom stereocenters. The summed E-state index contributed by atoms with van der Waals surface area (Å²) >= 11 is 10.4. The summed E-state index contributed by atoms with van der Waals surface area (Å²) in [6.07, 6.45) is 1.73. The van der Waals surface area contributed by atoms with E-state index in [0.717, 1.165) is 46.6 Å². The van der Waals surface area contributed by atoms with Crippen molar-refractivity contribution >= 4 is 80.1 Å². The van der Waals surface area contributed by atoms with Crippen molar-refractivity contribution in [2.24, 2.45) is 5.10 Å². The zero-order chi connectivity index (χ0) is 24.0. The molecule has 174 valence electrons. The molecule has 0 bridgehead atoms. The predicted molar refractivity (Wildman–Crippen MR) is 149 cm³/mol. The fourth-order valence-electron chi connectivity index (χ4n) is 3.56. The van der Waals surface area contributed by atoms with Crippen LogP contribution in [0.5, 0.6) is 0 Å². The van der Waals surface area contributed by atoms with E-state index in [0.29, 0.717) is 0 Å². The van der Waals surface area contributed by atoms with Gasteiger partial charge >= 0.3 is 0 Å². The van der Waals surface area contributed by atoms with E-state index in [1.165, 1.54) is 28.7 Å². The molecular weight excluding hydrogens is 516 g/mol. The number of halogens is 1. The largest absolute Gasteiger partial charge is 0.272 e. The van der Waals surface area contributed by atoms with E-state index in [1.54, 1.807) is 18.0 Å². The Morgan fingerprint density at radius 1 is 0.914 bits per heavy atom. The van der Waals surface area contributed by atoms with Gasteiger partial charge in [-0.15, -0.1) is 10.2 Å². The predicted octanol–water partition coefficient (Wildman–Crippen LogP) is 7.03. The van der Waals surface area contributed by atoms with E-state index in [1.807, 2.05) is 48.5 Å². The average Bonchev–Trinajstić information content (AvgIpc) is 3.34. The molecule has 0 saturated carbocycles. The molecule has 1 amide bonds. The molecule has 9 heteroatoms. The first kappa shape index (κ1) is 23.8. The number of amides is 1. The summed E-state index contributed by atoms with van der Waals surface area (Å²) in [7, 11) is 0. The van der Waals surface area contributed by atoms with Gasteiger partial charge in [0.05, 0.1) is 12.0 Å². The molecule has 0 aliphatic rings. The van der Waals surface area contributed by atoms with Crippen molar-refractivity contribution in [3.8, 4) is 0 Å². The normalized spacial score (nSPS) is 11.5. The minimum Gasteiger partial charge on any atom is -0.272 e. The van der Waals surface area contributed by atoms with Crippen LogP contribution in [0.3, 0.4) is 0 Å². The van der Waals surface area contributed by atoms with E-state index in [9.17, 15) is 4.79 Å². The first-order chi connectivity index (χ1) is 17.2. The number of hydrazone groups is 1. The summed E-state index contributed by atoms with van der Waals surface area (Å²) in [4.78, 5) is 12.4. The highest BCUT2D eigenvalue weighted by Crippen LogP contribution is 2.31. The van der Waals surface area contributed by atoms with Crippen molar-refractivity contribution in [2.45, 2.75) is 14.4 Å². The van der Waals surface area contributed by atoms with Crippen LogP contribution in [-0.4, -0.2) is 28.1 Å². The molecule has 0 unspecified atom stereocenters. The third kappa shape index (κ3) is 6.02. The summed E-state index contributed by atoms with van der Waals surface area (Å²) in [5.41, 5.74) is 4.79. The third-order valence-corrected chi connectivity index (χ3v) is 8.70. The Bertz CT molecular complexity index is 1460. The van der Waals surface area contributed by atoms with Gasteiger partial charge in [0.1, 0.15) is 0 Å². The lowest BCUT2D eigenvalue weighted by Gasteiger charge is -2.07. The average molecular weight is 535 g/mol. The van der Waals surface area contributed by atoms with Gasteiger partial charge in [-0.25, -0.2) is 5.43 Å². The second-order valence-electron chi connectivity index (χ2n) is 7.56. The number of carbonyl (C=O) groups is 1. The van der Waals surface area contributed by atoms with Crippen LogP contribution in [-0.2, 0) is 10.5 Å². The first-order valence-corrected chi connectivity index (χ1v) is 13.9. The van der Waals surface area contributed by atoms with Crippen LogP contribution in [0.4, 0.5) is 0 Å². The van der Waals surface area contributed by atoms with Crippen molar-refractivity contribution < 1.29 is 4.79 Å². The second-order valence-corrected chi connectivity index (χ2v) is 11.4. The van der Waals surface area contributed by atoms with Crippen LogP contribution in [0.15, 0.2) is 92.6 Å². The number of fused-ring (bicyclic) bond motifs is 2. The lowest BCUT2D eigenvalue weighted by atomic mass is 9.97. The molecule has 1 N–H and O–H groups in total. The van der Waals surface area contributed by atoms with Gasteiger partial charge in [-0.3, -0.25) is 4.79 Å². The third-order valence-electron chi connectivity index (χ3n) is 5.19. The standard InChI is InChI=1S/C26H19ClN4OS3/c27-20-11-9-17(10-12-20)15-33-25-30-31-26(35-25)34-16-24(32)29-28-14-23-21-7-3-1-5-18(21)13-19-6-2-4-8-22(19)23/h1-14H,15-16H2,(H,29,32)/b28-14+. The Morgan fingerprint density at radius 3 is 2.23 bits per heavy atom. The topological polar surface area (TPSA) is 67.2 Å². The summed E-state index contributed by atoms with van der Waals surface area (Å²) < 4.78 is 1.62. The van der Waals surface area contributed by atoms with Crippen molar-refractivity contribution in [1.29, 1.82) is 0 Å². The van der Waals surface area contributed by atoms with Gasteiger partial charge < -0.3 is 0 Å². The summed E-state index contributed by atoms with van der Waals surface area (Å²) in [5, 5.41) is 17.8. The Hall–Kier alpha value is -2.91. The molecule has 0 aliphatic heterocycles. The van der Waals surface area contributed by atoms with Crippen LogP contribution < -0.4 is 5.43 Å². The molecule has 35 heavy (non-hydrogen) atoms. The number of nitrogens with zero attached hydrogens (tertiary/aromatic N) is 3. The minimum absolute atomic E-state index is 0.193. The van der Waals surface area contributed by atoms with E-state index >= 15 is 0 Å². The summed E-state index contributed by atoms with van der Waals surface area (Å²) in [6.45, 7) is 0. The van der Waals surface area contributed by atoms with Crippen molar-refractivity contribution in [2.75, 3.05) is 5.75 Å². The number of nitrogens with one attached hydrogen (secondary N) is 1. The molecule has 4 aromatic carbocycles.